The molecule has 0 amide bonds. The third-order valence-corrected chi connectivity index (χ3v) is 5.08. The van der Waals surface area contributed by atoms with Crippen molar-refractivity contribution in [3.8, 4) is 11.1 Å². The molecule has 4 heterocycles. The topological polar surface area (TPSA) is 46.3 Å². The standard InChI is InChI=1S/C20H18FN5/c1-12-9-25(10-12)14-7-23-20-17(8-24-26(20)11-14)15-3-4-22-19-6-18(21)13(2)5-16(15)19/h3-8,11-12H,9-10H2,1-2H3. The molecule has 1 saturated heterocycles. The molecule has 0 aliphatic carbocycles. The maximum Gasteiger partial charge on any atom is 0.162 e. The highest BCUT2D eigenvalue weighted by atomic mass is 19.1. The van der Waals surface area contributed by atoms with Crippen LogP contribution in [0, 0.1) is 18.7 Å². The largest absolute Gasteiger partial charge is 0.368 e. The Morgan fingerprint density at radius 2 is 1.96 bits per heavy atom. The van der Waals surface area contributed by atoms with Crippen molar-refractivity contribution in [3.63, 3.8) is 0 Å². The van der Waals surface area contributed by atoms with E-state index >= 15 is 0 Å². The zero-order valence-corrected chi connectivity index (χ0v) is 14.6. The molecule has 5 nitrogen and oxygen atoms in total. The summed E-state index contributed by atoms with van der Waals surface area (Å²) in [5, 5.41) is 5.40. The highest BCUT2D eigenvalue weighted by Gasteiger charge is 2.23. The third kappa shape index (κ3) is 2.25. The second-order valence-electron chi connectivity index (χ2n) is 7.13. The Hall–Kier alpha value is -3.02. The van der Waals surface area contributed by atoms with Crippen LogP contribution in [0.25, 0.3) is 27.7 Å². The van der Waals surface area contributed by atoms with Crippen LogP contribution in [-0.4, -0.2) is 32.7 Å². The molecule has 0 bridgehead atoms. The van der Waals surface area contributed by atoms with Gasteiger partial charge in [0.25, 0.3) is 0 Å². The van der Waals surface area contributed by atoms with Gasteiger partial charge in [-0.2, -0.15) is 5.10 Å². The Balaban J connectivity index is 1.65. The fraction of sp³-hybridized carbons (Fsp3) is 0.250. The molecule has 26 heavy (non-hydrogen) atoms. The minimum absolute atomic E-state index is 0.242. The number of hydrogen-bond acceptors (Lipinski definition) is 4. The van der Waals surface area contributed by atoms with E-state index in [9.17, 15) is 4.39 Å². The fourth-order valence-electron chi connectivity index (χ4n) is 3.64. The lowest BCUT2D eigenvalue weighted by molar-refractivity contribution is 0.446. The number of aryl methyl sites for hydroxylation is 1. The first-order chi connectivity index (χ1) is 12.6. The summed E-state index contributed by atoms with van der Waals surface area (Å²) >= 11 is 0. The van der Waals surface area contributed by atoms with Gasteiger partial charge in [0.1, 0.15) is 5.82 Å². The SMILES string of the molecule is Cc1cc2c(-c3cnn4cc(N5CC(C)C5)cnc34)ccnc2cc1F. The van der Waals surface area contributed by atoms with Crippen LogP contribution in [0.4, 0.5) is 10.1 Å². The first kappa shape index (κ1) is 15.3. The Bertz CT molecular complexity index is 1140. The maximum atomic E-state index is 13.9. The summed E-state index contributed by atoms with van der Waals surface area (Å²) in [4.78, 5) is 11.3. The number of halogens is 1. The summed E-state index contributed by atoms with van der Waals surface area (Å²) in [5.41, 5.74) is 5.00. The molecule has 1 aromatic carbocycles. The molecule has 1 fully saturated rings. The first-order valence-corrected chi connectivity index (χ1v) is 8.74. The van der Waals surface area contributed by atoms with Crippen molar-refractivity contribution < 1.29 is 4.39 Å². The molecule has 1 aliphatic rings. The van der Waals surface area contributed by atoms with Gasteiger partial charge < -0.3 is 4.90 Å². The van der Waals surface area contributed by atoms with Crippen LogP contribution < -0.4 is 4.90 Å². The van der Waals surface area contributed by atoms with Crippen LogP contribution in [0.15, 0.2) is 43.0 Å². The molecular formula is C20H18FN5. The highest BCUT2D eigenvalue weighted by molar-refractivity contribution is 5.98. The van der Waals surface area contributed by atoms with Gasteiger partial charge in [-0.25, -0.2) is 13.9 Å². The predicted molar refractivity (Wildman–Crippen MR) is 99.8 cm³/mol. The second-order valence-corrected chi connectivity index (χ2v) is 7.13. The number of nitrogens with zero attached hydrogens (tertiary/aromatic N) is 5. The van der Waals surface area contributed by atoms with Crippen molar-refractivity contribution in [2.24, 2.45) is 5.92 Å². The number of fused-ring (bicyclic) bond motifs is 2. The van der Waals surface area contributed by atoms with Crippen LogP contribution in [0.3, 0.4) is 0 Å². The molecule has 130 valence electrons. The number of hydrogen-bond donors (Lipinski definition) is 0. The van der Waals surface area contributed by atoms with Crippen molar-refractivity contribution in [3.05, 3.63) is 54.4 Å². The highest BCUT2D eigenvalue weighted by Crippen LogP contribution is 2.32. The van der Waals surface area contributed by atoms with Crippen molar-refractivity contribution >= 4 is 22.2 Å². The summed E-state index contributed by atoms with van der Waals surface area (Å²) in [7, 11) is 0. The molecule has 0 radical (unpaired) electrons. The Morgan fingerprint density at radius 1 is 1.12 bits per heavy atom. The van der Waals surface area contributed by atoms with Crippen LogP contribution in [0.1, 0.15) is 12.5 Å². The summed E-state index contributed by atoms with van der Waals surface area (Å²) in [6.07, 6.45) is 7.44. The molecular weight excluding hydrogens is 329 g/mol. The number of pyridine rings is 1. The Labute approximate surface area is 150 Å². The summed E-state index contributed by atoms with van der Waals surface area (Å²) in [6.45, 7) is 6.12. The molecule has 0 spiro atoms. The lowest BCUT2D eigenvalue weighted by Gasteiger charge is -2.38. The summed E-state index contributed by atoms with van der Waals surface area (Å²) in [6, 6.07) is 5.26. The molecule has 6 heteroatoms. The third-order valence-electron chi connectivity index (χ3n) is 5.08. The maximum absolute atomic E-state index is 13.9. The van der Waals surface area contributed by atoms with E-state index in [1.807, 2.05) is 35.2 Å². The summed E-state index contributed by atoms with van der Waals surface area (Å²) < 4.78 is 15.7. The van der Waals surface area contributed by atoms with Crippen molar-refractivity contribution in [2.45, 2.75) is 13.8 Å². The van der Waals surface area contributed by atoms with Gasteiger partial charge >= 0.3 is 0 Å². The molecule has 0 unspecified atom stereocenters. The van der Waals surface area contributed by atoms with Gasteiger partial charge in [0.15, 0.2) is 5.65 Å². The molecule has 0 atom stereocenters. The minimum Gasteiger partial charge on any atom is -0.368 e. The molecule has 1 aliphatic heterocycles. The van der Waals surface area contributed by atoms with E-state index in [2.05, 4.69) is 26.9 Å². The summed E-state index contributed by atoms with van der Waals surface area (Å²) in [5.74, 6) is 0.485. The van der Waals surface area contributed by atoms with Gasteiger partial charge in [-0.15, -0.1) is 0 Å². The molecule has 0 saturated carbocycles. The lowest BCUT2D eigenvalue weighted by atomic mass is 10.0. The monoisotopic (exact) mass is 347 g/mol. The number of anilines is 1. The second kappa shape index (κ2) is 5.49. The van der Waals surface area contributed by atoms with E-state index in [-0.39, 0.29) is 5.82 Å². The van der Waals surface area contributed by atoms with E-state index in [1.165, 1.54) is 6.07 Å². The molecule has 5 rings (SSSR count). The number of rotatable bonds is 2. The van der Waals surface area contributed by atoms with Crippen LogP contribution >= 0.6 is 0 Å². The Kier molecular flexibility index (Phi) is 3.22. The smallest absolute Gasteiger partial charge is 0.162 e. The average Bonchev–Trinajstić information content (AvgIpc) is 3.02. The molecule has 3 aromatic heterocycles. The van der Waals surface area contributed by atoms with Crippen molar-refractivity contribution in [1.29, 1.82) is 0 Å². The molecule has 4 aromatic rings. The van der Waals surface area contributed by atoms with Gasteiger partial charge in [-0.05, 0) is 36.1 Å². The van der Waals surface area contributed by atoms with Gasteiger partial charge in [0.2, 0.25) is 0 Å². The van der Waals surface area contributed by atoms with E-state index in [0.717, 1.165) is 46.9 Å². The zero-order valence-electron chi connectivity index (χ0n) is 14.6. The van der Waals surface area contributed by atoms with Gasteiger partial charge in [0.05, 0.1) is 29.8 Å². The fourth-order valence-corrected chi connectivity index (χ4v) is 3.64. The van der Waals surface area contributed by atoms with E-state index in [1.54, 1.807) is 13.1 Å². The number of aromatic nitrogens is 4. The average molecular weight is 347 g/mol. The first-order valence-electron chi connectivity index (χ1n) is 8.74. The van der Waals surface area contributed by atoms with E-state index in [4.69, 9.17) is 0 Å². The van der Waals surface area contributed by atoms with Gasteiger partial charge in [-0.3, -0.25) is 4.98 Å². The number of benzene rings is 1. The van der Waals surface area contributed by atoms with Crippen LogP contribution in [0.5, 0.6) is 0 Å². The van der Waals surface area contributed by atoms with E-state index < -0.39 is 0 Å². The van der Waals surface area contributed by atoms with Gasteiger partial charge in [-0.1, -0.05) is 6.92 Å². The van der Waals surface area contributed by atoms with Crippen LogP contribution in [-0.2, 0) is 0 Å². The zero-order chi connectivity index (χ0) is 17.8. The predicted octanol–water partition coefficient (Wildman–Crippen LogP) is 3.85. The quantitative estimate of drug-likeness (QED) is 0.553. The van der Waals surface area contributed by atoms with Gasteiger partial charge in [0, 0.05) is 36.3 Å². The van der Waals surface area contributed by atoms with Crippen LogP contribution in [0.2, 0.25) is 0 Å². The minimum atomic E-state index is -0.242. The normalized spacial score (nSPS) is 15.0. The van der Waals surface area contributed by atoms with E-state index in [0.29, 0.717) is 11.1 Å². The van der Waals surface area contributed by atoms with Crippen molar-refractivity contribution in [2.75, 3.05) is 18.0 Å². The van der Waals surface area contributed by atoms with Crippen molar-refractivity contribution in [1.82, 2.24) is 19.6 Å². The lowest BCUT2D eigenvalue weighted by Crippen LogP contribution is -2.45. The Morgan fingerprint density at radius 3 is 2.77 bits per heavy atom. The molecule has 0 N–H and O–H groups in total.